The van der Waals surface area contributed by atoms with Crippen LogP contribution in [0.5, 0.6) is 0 Å². The molecular weight excluding hydrogens is 208 g/mol. The summed E-state index contributed by atoms with van der Waals surface area (Å²) in [5.74, 6) is -0.207. The van der Waals surface area contributed by atoms with Gasteiger partial charge in [-0.05, 0) is 31.9 Å². The van der Waals surface area contributed by atoms with E-state index in [1.807, 2.05) is 0 Å². The van der Waals surface area contributed by atoms with Gasteiger partial charge in [-0.2, -0.15) is 0 Å². The summed E-state index contributed by atoms with van der Waals surface area (Å²) in [5, 5.41) is 13.7. The summed E-state index contributed by atoms with van der Waals surface area (Å²) in [6.07, 6.45) is 0.528. The summed E-state index contributed by atoms with van der Waals surface area (Å²) >= 11 is 0. The van der Waals surface area contributed by atoms with Gasteiger partial charge in [0.25, 0.3) is 11.6 Å². The van der Waals surface area contributed by atoms with Gasteiger partial charge < -0.3 is 5.32 Å². The zero-order valence-electron chi connectivity index (χ0n) is 9.16. The molecule has 1 N–H and O–H groups in total. The van der Waals surface area contributed by atoms with Gasteiger partial charge in [0.2, 0.25) is 0 Å². The molecule has 0 saturated heterocycles. The van der Waals surface area contributed by atoms with Crippen molar-refractivity contribution in [1.29, 1.82) is 0 Å². The highest BCUT2D eigenvalue weighted by atomic mass is 16.6. The molecule has 5 heteroatoms. The van der Waals surface area contributed by atoms with E-state index < -0.39 is 4.92 Å². The number of rotatable bonds is 1. The minimum atomic E-state index is -0.397. The molecule has 0 aromatic heterocycles. The van der Waals surface area contributed by atoms with E-state index in [-0.39, 0.29) is 11.6 Å². The van der Waals surface area contributed by atoms with Crippen molar-refractivity contribution in [3.05, 3.63) is 38.4 Å². The standard InChI is InChI=1S/C11H12N2O3/c1-6-5-7(2)10(13(15)16)8-3-4-12-11(14)9(6)8/h5H,3-4H2,1-2H3,(H,12,14). The molecule has 1 aliphatic rings. The summed E-state index contributed by atoms with van der Waals surface area (Å²) in [4.78, 5) is 22.2. The third kappa shape index (κ3) is 1.44. The maximum absolute atomic E-state index is 11.7. The van der Waals surface area contributed by atoms with Crippen LogP contribution < -0.4 is 5.32 Å². The first-order chi connectivity index (χ1) is 7.52. The van der Waals surface area contributed by atoms with Gasteiger partial charge >= 0.3 is 0 Å². The highest BCUT2D eigenvalue weighted by Gasteiger charge is 2.28. The zero-order chi connectivity index (χ0) is 11.9. The van der Waals surface area contributed by atoms with Gasteiger partial charge in [0, 0.05) is 17.7 Å². The molecular formula is C11H12N2O3. The topological polar surface area (TPSA) is 72.2 Å². The van der Waals surface area contributed by atoms with Crippen LogP contribution in [-0.2, 0) is 6.42 Å². The lowest BCUT2D eigenvalue weighted by atomic mass is 9.91. The van der Waals surface area contributed by atoms with Crippen molar-refractivity contribution >= 4 is 11.6 Å². The Bertz CT molecular complexity index is 474. The SMILES string of the molecule is Cc1cc(C)c([N+](=O)[O-])c2c1C(=O)NCC2. The number of hydrogen-bond donors (Lipinski definition) is 1. The molecule has 0 spiro atoms. The average Bonchev–Trinajstić information content (AvgIpc) is 2.15. The van der Waals surface area contributed by atoms with E-state index >= 15 is 0 Å². The Morgan fingerprint density at radius 2 is 2.06 bits per heavy atom. The largest absolute Gasteiger partial charge is 0.352 e. The Kier molecular flexibility index (Phi) is 2.38. The molecule has 0 aliphatic carbocycles. The first-order valence-electron chi connectivity index (χ1n) is 5.08. The highest BCUT2D eigenvalue weighted by Crippen LogP contribution is 2.31. The summed E-state index contributed by atoms with van der Waals surface area (Å²) in [5.41, 5.74) is 2.57. The Morgan fingerprint density at radius 3 is 2.69 bits per heavy atom. The molecule has 0 fully saturated rings. The number of fused-ring (bicyclic) bond motifs is 1. The summed E-state index contributed by atoms with van der Waals surface area (Å²) in [7, 11) is 0. The van der Waals surface area contributed by atoms with Crippen LogP contribution in [0.3, 0.4) is 0 Å². The molecule has 16 heavy (non-hydrogen) atoms. The molecule has 5 nitrogen and oxygen atoms in total. The fraction of sp³-hybridized carbons (Fsp3) is 0.364. The van der Waals surface area contributed by atoms with E-state index in [1.54, 1.807) is 19.9 Å². The first-order valence-corrected chi connectivity index (χ1v) is 5.08. The number of amides is 1. The molecule has 2 rings (SSSR count). The van der Waals surface area contributed by atoms with Crippen molar-refractivity contribution in [2.45, 2.75) is 20.3 Å². The number of hydrogen-bond acceptors (Lipinski definition) is 3. The van der Waals surface area contributed by atoms with E-state index in [9.17, 15) is 14.9 Å². The third-order valence-corrected chi connectivity index (χ3v) is 2.86. The Morgan fingerprint density at radius 1 is 1.38 bits per heavy atom. The van der Waals surface area contributed by atoms with E-state index in [4.69, 9.17) is 0 Å². The smallest absolute Gasteiger partial charge is 0.276 e. The van der Waals surface area contributed by atoms with Crippen LogP contribution in [0.1, 0.15) is 27.0 Å². The van der Waals surface area contributed by atoms with Crippen LogP contribution in [0.15, 0.2) is 6.07 Å². The van der Waals surface area contributed by atoms with Crippen molar-refractivity contribution < 1.29 is 9.72 Å². The van der Waals surface area contributed by atoms with E-state index in [0.29, 0.717) is 29.7 Å². The van der Waals surface area contributed by atoms with E-state index in [0.717, 1.165) is 5.56 Å². The van der Waals surface area contributed by atoms with Crippen LogP contribution in [0.25, 0.3) is 0 Å². The molecule has 1 aromatic rings. The predicted molar refractivity (Wildman–Crippen MR) is 58.6 cm³/mol. The molecule has 84 valence electrons. The molecule has 0 radical (unpaired) electrons. The number of nitro benzene ring substituents is 1. The second-order valence-corrected chi connectivity index (χ2v) is 3.98. The van der Waals surface area contributed by atoms with Crippen molar-refractivity contribution in [3.8, 4) is 0 Å². The molecule has 0 saturated carbocycles. The number of nitrogens with zero attached hydrogens (tertiary/aromatic N) is 1. The lowest BCUT2D eigenvalue weighted by molar-refractivity contribution is -0.386. The maximum Gasteiger partial charge on any atom is 0.276 e. The number of nitrogens with one attached hydrogen (secondary N) is 1. The zero-order valence-corrected chi connectivity index (χ0v) is 9.16. The van der Waals surface area contributed by atoms with Crippen LogP contribution in [-0.4, -0.2) is 17.4 Å². The predicted octanol–water partition coefficient (Wildman–Crippen LogP) is 1.50. The van der Waals surface area contributed by atoms with E-state index in [2.05, 4.69) is 5.32 Å². The number of carbonyl (C=O) groups excluding carboxylic acids is 1. The van der Waals surface area contributed by atoms with Gasteiger partial charge in [0.05, 0.1) is 10.5 Å². The molecule has 1 heterocycles. The maximum atomic E-state index is 11.7. The minimum Gasteiger partial charge on any atom is -0.352 e. The minimum absolute atomic E-state index is 0.0930. The van der Waals surface area contributed by atoms with Gasteiger partial charge in [-0.3, -0.25) is 14.9 Å². The second kappa shape index (κ2) is 3.59. The third-order valence-electron chi connectivity index (χ3n) is 2.86. The van der Waals surface area contributed by atoms with E-state index in [1.165, 1.54) is 0 Å². The lowest BCUT2D eigenvalue weighted by Crippen LogP contribution is -2.33. The number of benzene rings is 1. The number of aryl methyl sites for hydroxylation is 2. The molecule has 0 unspecified atom stereocenters. The average molecular weight is 220 g/mol. The van der Waals surface area contributed by atoms with Crippen LogP contribution in [0.4, 0.5) is 5.69 Å². The summed E-state index contributed by atoms with van der Waals surface area (Å²) in [6.45, 7) is 3.98. The number of nitro groups is 1. The van der Waals surface area contributed by atoms with Crippen molar-refractivity contribution in [2.75, 3.05) is 6.54 Å². The highest BCUT2D eigenvalue weighted by molar-refractivity contribution is 5.99. The molecule has 0 bridgehead atoms. The first kappa shape index (κ1) is 10.6. The molecule has 1 aromatic carbocycles. The Balaban J connectivity index is 2.77. The quantitative estimate of drug-likeness (QED) is 0.575. The van der Waals surface area contributed by atoms with Crippen LogP contribution in [0, 0.1) is 24.0 Å². The van der Waals surface area contributed by atoms with Crippen molar-refractivity contribution in [3.63, 3.8) is 0 Å². The fourth-order valence-corrected chi connectivity index (χ4v) is 2.26. The van der Waals surface area contributed by atoms with Gasteiger partial charge in [-0.15, -0.1) is 0 Å². The van der Waals surface area contributed by atoms with Crippen molar-refractivity contribution in [2.24, 2.45) is 0 Å². The van der Waals surface area contributed by atoms with Crippen LogP contribution >= 0.6 is 0 Å². The fourth-order valence-electron chi connectivity index (χ4n) is 2.26. The monoisotopic (exact) mass is 220 g/mol. The molecule has 1 aliphatic heterocycles. The van der Waals surface area contributed by atoms with Gasteiger partial charge in [-0.25, -0.2) is 0 Å². The Labute approximate surface area is 92.6 Å². The van der Waals surface area contributed by atoms with Crippen molar-refractivity contribution in [1.82, 2.24) is 5.32 Å². The molecule has 1 amide bonds. The summed E-state index contributed by atoms with van der Waals surface area (Å²) in [6, 6.07) is 1.70. The number of carbonyl (C=O) groups is 1. The second-order valence-electron chi connectivity index (χ2n) is 3.98. The molecule has 0 atom stereocenters. The normalized spacial score (nSPS) is 14.2. The Hall–Kier alpha value is -1.91. The van der Waals surface area contributed by atoms with Crippen LogP contribution in [0.2, 0.25) is 0 Å². The summed E-state index contributed by atoms with van der Waals surface area (Å²) < 4.78 is 0. The lowest BCUT2D eigenvalue weighted by Gasteiger charge is -2.19. The van der Waals surface area contributed by atoms with Gasteiger partial charge in [0.15, 0.2) is 0 Å². The van der Waals surface area contributed by atoms with Gasteiger partial charge in [-0.1, -0.05) is 0 Å². The van der Waals surface area contributed by atoms with Gasteiger partial charge in [0.1, 0.15) is 0 Å².